The molecule has 106 valence electrons. The Labute approximate surface area is 111 Å². The van der Waals surface area contributed by atoms with E-state index in [1.54, 1.807) is 0 Å². The van der Waals surface area contributed by atoms with Crippen LogP contribution in [-0.2, 0) is 10.0 Å². The van der Waals surface area contributed by atoms with Crippen molar-refractivity contribution in [3.8, 4) is 0 Å². The SMILES string of the molecule is O=S(=O)(CC1CCCCC1)NCC[C@@H]1CCCN1. The van der Waals surface area contributed by atoms with E-state index in [-0.39, 0.29) is 0 Å². The highest BCUT2D eigenvalue weighted by molar-refractivity contribution is 7.89. The molecule has 5 heteroatoms. The lowest BCUT2D eigenvalue weighted by molar-refractivity contribution is 0.383. The maximum atomic E-state index is 11.9. The van der Waals surface area contributed by atoms with Crippen LogP contribution in [-0.4, -0.2) is 33.3 Å². The van der Waals surface area contributed by atoms with Gasteiger partial charge < -0.3 is 5.32 Å². The fourth-order valence-electron chi connectivity index (χ4n) is 3.11. The second kappa shape index (κ2) is 6.87. The molecule has 4 nitrogen and oxygen atoms in total. The van der Waals surface area contributed by atoms with Crippen LogP contribution in [0.5, 0.6) is 0 Å². The zero-order chi connectivity index (χ0) is 12.8. The number of sulfonamides is 1. The lowest BCUT2D eigenvalue weighted by Gasteiger charge is -2.21. The highest BCUT2D eigenvalue weighted by Gasteiger charge is 2.21. The molecule has 0 spiro atoms. The van der Waals surface area contributed by atoms with Gasteiger partial charge in [0.25, 0.3) is 0 Å². The van der Waals surface area contributed by atoms with E-state index in [0.717, 1.165) is 25.8 Å². The molecule has 0 radical (unpaired) electrons. The highest BCUT2D eigenvalue weighted by atomic mass is 32.2. The highest BCUT2D eigenvalue weighted by Crippen LogP contribution is 2.24. The Bertz CT molecular complexity index is 331. The fraction of sp³-hybridized carbons (Fsp3) is 1.00. The molecule has 1 saturated carbocycles. The Morgan fingerprint density at radius 1 is 1.06 bits per heavy atom. The third-order valence-corrected chi connectivity index (χ3v) is 5.71. The predicted molar refractivity (Wildman–Crippen MR) is 74.0 cm³/mol. The number of hydrogen-bond donors (Lipinski definition) is 2. The van der Waals surface area contributed by atoms with Crippen molar-refractivity contribution in [1.82, 2.24) is 10.0 Å². The topological polar surface area (TPSA) is 58.2 Å². The van der Waals surface area contributed by atoms with Crippen LogP contribution in [0.4, 0.5) is 0 Å². The van der Waals surface area contributed by atoms with Crippen molar-refractivity contribution in [2.45, 2.75) is 57.4 Å². The first kappa shape index (κ1) is 14.3. The van der Waals surface area contributed by atoms with Crippen LogP contribution in [0, 0.1) is 5.92 Å². The maximum absolute atomic E-state index is 11.9. The number of nitrogens with one attached hydrogen (secondary N) is 2. The van der Waals surface area contributed by atoms with Gasteiger partial charge in [-0.15, -0.1) is 0 Å². The van der Waals surface area contributed by atoms with E-state index >= 15 is 0 Å². The molecule has 2 fully saturated rings. The van der Waals surface area contributed by atoms with Gasteiger partial charge in [-0.2, -0.15) is 0 Å². The summed E-state index contributed by atoms with van der Waals surface area (Å²) in [4.78, 5) is 0. The van der Waals surface area contributed by atoms with Gasteiger partial charge in [0, 0.05) is 12.6 Å². The van der Waals surface area contributed by atoms with E-state index < -0.39 is 10.0 Å². The van der Waals surface area contributed by atoms with E-state index in [4.69, 9.17) is 0 Å². The van der Waals surface area contributed by atoms with Gasteiger partial charge in [0.05, 0.1) is 5.75 Å². The molecule has 1 heterocycles. The standard InChI is InChI=1S/C13H26N2O2S/c16-18(17,11-12-5-2-1-3-6-12)15-10-8-13-7-4-9-14-13/h12-15H,1-11H2/t13-/m0/s1. The summed E-state index contributed by atoms with van der Waals surface area (Å²) in [5.74, 6) is 0.728. The summed E-state index contributed by atoms with van der Waals surface area (Å²) in [6.45, 7) is 1.67. The molecule has 0 aromatic heterocycles. The smallest absolute Gasteiger partial charge is 0.211 e. The molecule has 2 rings (SSSR count). The lowest BCUT2D eigenvalue weighted by Crippen LogP contribution is -2.34. The van der Waals surface area contributed by atoms with Crippen molar-refractivity contribution in [2.75, 3.05) is 18.8 Å². The normalized spacial score (nSPS) is 26.6. The van der Waals surface area contributed by atoms with Crippen molar-refractivity contribution < 1.29 is 8.42 Å². The van der Waals surface area contributed by atoms with Gasteiger partial charge in [-0.25, -0.2) is 13.1 Å². The van der Waals surface area contributed by atoms with Crippen molar-refractivity contribution in [1.29, 1.82) is 0 Å². The molecule has 1 aliphatic heterocycles. The Morgan fingerprint density at radius 3 is 2.50 bits per heavy atom. The number of hydrogen-bond acceptors (Lipinski definition) is 3. The van der Waals surface area contributed by atoms with E-state index in [0.29, 0.717) is 24.3 Å². The minimum Gasteiger partial charge on any atom is -0.314 e. The molecule has 2 N–H and O–H groups in total. The van der Waals surface area contributed by atoms with Crippen molar-refractivity contribution >= 4 is 10.0 Å². The van der Waals surface area contributed by atoms with Gasteiger partial charge in [0.2, 0.25) is 10.0 Å². The molecule has 0 bridgehead atoms. The van der Waals surface area contributed by atoms with Crippen LogP contribution in [0.1, 0.15) is 51.4 Å². The number of rotatable bonds is 6. The van der Waals surface area contributed by atoms with Gasteiger partial charge in [-0.3, -0.25) is 0 Å². The molecule has 0 aromatic carbocycles. The Balaban J connectivity index is 1.66. The molecule has 2 aliphatic rings. The van der Waals surface area contributed by atoms with Crippen molar-refractivity contribution in [3.63, 3.8) is 0 Å². The molecule has 1 aliphatic carbocycles. The van der Waals surface area contributed by atoms with Crippen LogP contribution >= 0.6 is 0 Å². The first-order valence-electron chi connectivity index (χ1n) is 7.36. The maximum Gasteiger partial charge on any atom is 0.211 e. The Morgan fingerprint density at radius 2 is 1.83 bits per heavy atom. The minimum atomic E-state index is -3.05. The molecule has 1 saturated heterocycles. The zero-order valence-corrected chi connectivity index (χ0v) is 12.0. The molecular weight excluding hydrogens is 248 g/mol. The average Bonchev–Trinajstić information content (AvgIpc) is 2.82. The minimum absolute atomic E-state index is 0.338. The summed E-state index contributed by atoms with van der Waals surface area (Å²) in [5.41, 5.74) is 0. The van der Waals surface area contributed by atoms with E-state index in [9.17, 15) is 8.42 Å². The van der Waals surface area contributed by atoms with Gasteiger partial charge >= 0.3 is 0 Å². The first-order valence-corrected chi connectivity index (χ1v) is 9.02. The van der Waals surface area contributed by atoms with E-state index in [2.05, 4.69) is 10.0 Å². The van der Waals surface area contributed by atoms with Gasteiger partial charge in [0.15, 0.2) is 0 Å². The summed E-state index contributed by atoms with van der Waals surface area (Å²) in [6.07, 6.45) is 9.18. The average molecular weight is 274 g/mol. The fourth-order valence-corrected chi connectivity index (χ4v) is 4.62. The molecular formula is C13H26N2O2S. The molecule has 0 amide bonds. The third-order valence-electron chi connectivity index (χ3n) is 4.16. The monoisotopic (exact) mass is 274 g/mol. The summed E-state index contributed by atoms with van der Waals surface area (Å²) in [6, 6.07) is 0.516. The zero-order valence-electron chi connectivity index (χ0n) is 11.2. The van der Waals surface area contributed by atoms with Gasteiger partial charge in [0.1, 0.15) is 0 Å². The second-order valence-corrected chi connectivity index (χ2v) is 7.61. The van der Waals surface area contributed by atoms with E-state index in [1.807, 2.05) is 0 Å². The molecule has 1 atom stereocenters. The van der Waals surface area contributed by atoms with Gasteiger partial charge in [-0.05, 0) is 44.6 Å². The van der Waals surface area contributed by atoms with E-state index in [1.165, 1.54) is 32.1 Å². The summed E-state index contributed by atoms with van der Waals surface area (Å²) in [5, 5.41) is 3.39. The predicted octanol–water partition coefficient (Wildman–Crippen LogP) is 1.63. The van der Waals surface area contributed by atoms with Crippen LogP contribution in [0.3, 0.4) is 0 Å². The summed E-state index contributed by atoms with van der Waals surface area (Å²) in [7, 11) is -3.05. The molecule has 18 heavy (non-hydrogen) atoms. The summed E-state index contributed by atoms with van der Waals surface area (Å²) < 4.78 is 26.6. The van der Waals surface area contributed by atoms with Crippen molar-refractivity contribution in [3.05, 3.63) is 0 Å². The third kappa shape index (κ3) is 4.86. The molecule has 0 unspecified atom stereocenters. The van der Waals surface area contributed by atoms with Crippen LogP contribution in [0.25, 0.3) is 0 Å². The van der Waals surface area contributed by atoms with Crippen LogP contribution in [0.2, 0.25) is 0 Å². The molecule has 0 aromatic rings. The van der Waals surface area contributed by atoms with Gasteiger partial charge in [-0.1, -0.05) is 19.3 Å². The largest absolute Gasteiger partial charge is 0.314 e. The lowest BCUT2D eigenvalue weighted by atomic mass is 9.91. The summed E-state index contributed by atoms with van der Waals surface area (Å²) >= 11 is 0. The quantitative estimate of drug-likeness (QED) is 0.774. The Kier molecular flexibility index (Phi) is 5.45. The first-order chi connectivity index (χ1) is 8.66. The van der Waals surface area contributed by atoms with Crippen LogP contribution in [0.15, 0.2) is 0 Å². The second-order valence-electron chi connectivity index (χ2n) is 5.76. The Hall–Kier alpha value is -0.130. The van der Waals surface area contributed by atoms with Crippen molar-refractivity contribution in [2.24, 2.45) is 5.92 Å². The van der Waals surface area contributed by atoms with Crippen LogP contribution < -0.4 is 10.0 Å².